The molecule has 0 aliphatic carbocycles. The highest BCUT2D eigenvalue weighted by molar-refractivity contribution is 4.92. The van der Waals surface area contributed by atoms with Crippen LogP contribution in [0.1, 0.15) is 67.7 Å². The minimum Gasteiger partial charge on any atom is -0.350 e. The molecule has 0 aromatic carbocycles. The summed E-state index contributed by atoms with van der Waals surface area (Å²) in [6, 6.07) is 0. The fourth-order valence-corrected chi connectivity index (χ4v) is 3.09. The molecule has 1 heterocycles. The number of hydrogen-bond acceptors (Lipinski definition) is 4. The quantitative estimate of drug-likeness (QED) is 0.634. The fraction of sp³-hybridized carbons (Fsp3) is 1.00. The van der Waals surface area contributed by atoms with Gasteiger partial charge in [-0.2, -0.15) is 5.06 Å². The third-order valence-corrected chi connectivity index (χ3v) is 3.98. The van der Waals surface area contributed by atoms with E-state index in [1.54, 1.807) is 0 Å². The molecule has 1 saturated heterocycles. The van der Waals surface area contributed by atoms with Gasteiger partial charge in [0, 0.05) is 17.7 Å². The highest BCUT2D eigenvalue weighted by Gasteiger charge is 2.42. The van der Waals surface area contributed by atoms with Gasteiger partial charge in [-0.25, -0.2) is 0 Å². The van der Waals surface area contributed by atoms with E-state index in [2.05, 4.69) is 46.6 Å². The summed E-state index contributed by atoms with van der Waals surface area (Å²) in [6.45, 7) is 17.0. The Balaban J connectivity index is 2.59. The van der Waals surface area contributed by atoms with Gasteiger partial charge in [-0.05, 0) is 59.8 Å². The number of hydroxylamine groups is 2. The first-order valence-electron chi connectivity index (χ1n) is 8.35. The van der Waals surface area contributed by atoms with Crippen LogP contribution in [0.25, 0.3) is 0 Å². The summed E-state index contributed by atoms with van der Waals surface area (Å²) in [6.07, 6.45) is 3.27. The lowest BCUT2D eigenvalue weighted by Gasteiger charge is -2.51. The molecule has 0 bridgehead atoms. The van der Waals surface area contributed by atoms with Crippen LogP contribution in [0.3, 0.4) is 0 Å². The van der Waals surface area contributed by atoms with Crippen molar-refractivity contribution in [2.45, 2.75) is 85.1 Å². The van der Waals surface area contributed by atoms with Crippen molar-refractivity contribution in [3.8, 4) is 0 Å². The van der Waals surface area contributed by atoms with Crippen LogP contribution < -0.4 is 0 Å². The third-order valence-electron chi connectivity index (χ3n) is 3.98. The molecule has 1 aliphatic heterocycles. The van der Waals surface area contributed by atoms with Crippen molar-refractivity contribution in [2.24, 2.45) is 5.92 Å². The monoisotopic (exact) mass is 301 g/mol. The van der Waals surface area contributed by atoms with Crippen LogP contribution in [-0.2, 0) is 14.3 Å². The molecule has 0 N–H and O–H groups in total. The summed E-state index contributed by atoms with van der Waals surface area (Å²) >= 11 is 0. The van der Waals surface area contributed by atoms with Crippen LogP contribution in [-0.4, -0.2) is 42.3 Å². The Morgan fingerprint density at radius 1 is 0.952 bits per heavy atom. The second kappa shape index (κ2) is 7.91. The maximum absolute atomic E-state index is 6.14. The van der Waals surface area contributed by atoms with Crippen LogP contribution in [0.15, 0.2) is 0 Å². The first-order valence-corrected chi connectivity index (χ1v) is 8.35. The lowest BCUT2D eigenvalue weighted by atomic mass is 9.82. The molecular formula is C17H35NO3. The Bertz CT molecular complexity index is 286. The van der Waals surface area contributed by atoms with E-state index in [4.69, 9.17) is 14.3 Å². The molecule has 1 aliphatic rings. The van der Waals surface area contributed by atoms with Gasteiger partial charge in [-0.15, -0.1) is 0 Å². The Kier molecular flexibility index (Phi) is 7.11. The van der Waals surface area contributed by atoms with E-state index in [-0.39, 0.29) is 17.4 Å². The molecule has 0 saturated carbocycles. The Hall–Kier alpha value is -0.160. The zero-order valence-corrected chi connectivity index (χ0v) is 15.1. The minimum atomic E-state index is -0.286. The smallest absolute Gasteiger partial charge is 0.182 e. The molecular weight excluding hydrogens is 266 g/mol. The summed E-state index contributed by atoms with van der Waals surface area (Å²) in [7, 11) is 0. The molecule has 21 heavy (non-hydrogen) atoms. The summed E-state index contributed by atoms with van der Waals surface area (Å²) in [5.41, 5.74) is 0.104. The summed E-state index contributed by atoms with van der Waals surface area (Å²) in [5.74, 6) is 0.496. The standard InChI is InChI=1S/C17H35NO3/c1-8-19-15(20-12-14(2)3)13-21-18-16(4,5)10-9-11-17(18,6)7/h14-15H,8-13H2,1-7H3. The number of rotatable bonds is 8. The number of nitrogens with zero attached hydrogens (tertiary/aromatic N) is 1. The average Bonchev–Trinajstić information content (AvgIpc) is 2.33. The molecule has 4 nitrogen and oxygen atoms in total. The van der Waals surface area contributed by atoms with E-state index in [0.29, 0.717) is 25.7 Å². The van der Waals surface area contributed by atoms with Gasteiger partial charge >= 0.3 is 0 Å². The fourth-order valence-electron chi connectivity index (χ4n) is 3.09. The van der Waals surface area contributed by atoms with Gasteiger partial charge in [0.05, 0.1) is 6.61 Å². The second-order valence-corrected chi connectivity index (χ2v) is 7.68. The minimum absolute atomic E-state index is 0.0521. The lowest BCUT2D eigenvalue weighted by Crippen LogP contribution is -2.58. The second-order valence-electron chi connectivity index (χ2n) is 7.68. The number of piperidine rings is 1. The molecule has 0 spiro atoms. The lowest BCUT2D eigenvalue weighted by molar-refractivity contribution is -0.311. The molecule has 4 heteroatoms. The van der Waals surface area contributed by atoms with Gasteiger partial charge in [0.15, 0.2) is 6.29 Å². The van der Waals surface area contributed by atoms with E-state index < -0.39 is 0 Å². The van der Waals surface area contributed by atoms with Crippen LogP contribution >= 0.6 is 0 Å². The van der Waals surface area contributed by atoms with E-state index in [0.717, 1.165) is 12.8 Å². The van der Waals surface area contributed by atoms with Crippen LogP contribution in [0.5, 0.6) is 0 Å². The predicted octanol–water partition coefficient (Wildman–Crippen LogP) is 4.00. The maximum Gasteiger partial charge on any atom is 0.182 e. The van der Waals surface area contributed by atoms with Crippen LogP contribution in [0, 0.1) is 5.92 Å². The highest BCUT2D eigenvalue weighted by Crippen LogP contribution is 2.38. The molecule has 0 amide bonds. The van der Waals surface area contributed by atoms with Crippen LogP contribution in [0.2, 0.25) is 0 Å². The highest BCUT2D eigenvalue weighted by atomic mass is 16.7. The first kappa shape index (κ1) is 18.9. The predicted molar refractivity (Wildman–Crippen MR) is 86.0 cm³/mol. The molecule has 1 unspecified atom stereocenters. The summed E-state index contributed by atoms with van der Waals surface area (Å²) in [5, 5.41) is 2.16. The molecule has 126 valence electrons. The molecule has 0 radical (unpaired) electrons. The molecule has 1 fully saturated rings. The zero-order chi connectivity index (χ0) is 16.1. The van der Waals surface area contributed by atoms with Crippen molar-refractivity contribution in [3.63, 3.8) is 0 Å². The maximum atomic E-state index is 6.14. The van der Waals surface area contributed by atoms with E-state index in [1.807, 2.05) is 6.92 Å². The van der Waals surface area contributed by atoms with Gasteiger partial charge in [0.25, 0.3) is 0 Å². The number of ether oxygens (including phenoxy) is 2. The average molecular weight is 301 g/mol. The topological polar surface area (TPSA) is 30.9 Å². The van der Waals surface area contributed by atoms with Gasteiger partial charge in [0.2, 0.25) is 0 Å². The van der Waals surface area contributed by atoms with Crippen molar-refractivity contribution >= 4 is 0 Å². The van der Waals surface area contributed by atoms with Gasteiger partial charge in [0.1, 0.15) is 6.61 Å². The Labute approximate surface area is 131 Å². The van der Waals surface area contributed by atoms with Crippen LogP contribution in [0.4, 0.5) is 0 Å². The SMILES string of the molecule is CCOC(CON1C(C)(C)CCCC1(C)C)OCC(C)C. The molecule has 0 aromatic rings. The third kappa shape index (κ3) is 5.85. The van der Waals surface area contributed by atoms with Gasteiger partial charge in [-0.1, -0.05) is 13.8 Å². The number of hydrogen-bond donors (Lipinski definition) is 0. The van der Waals surface area contributed by atoms with E-state index in [9.17, 15) is 0 Å². The van der Waals surface area contributed by atoms with Gasteiger partial charge in [-0.3, -0.25) is 4.84 Å². The largest absolute Gasteiger partial charge is 0.350 e. The zero-order valence-electron chi connectivity index (χ0n) is 15.1. The van der Waals surface area contributed by atoms with Crippen molar-refractivity contribution in [3.05, 3.63) is 0 Å². The first-order chi connectivity index (χ1) is 9.69. The molecule has 1 atom stereocenters. The Morgan fingerprint density at radius 2 is 1.52 bits per heavy atom. The van der Waals surface area contributed by atoms with Gasteiger partial charge < -0.3 is 9.47 Å². The van der Waals surface area contributed by atoms with Crippen molar-refractivity contribution in [2.75, 3.05) is 19.8 Å². The molecule has 0 aromatic heterocycles. The molecule has 1 rings (SSSR count). The van der Waals surface area contributed by atoms with Crippen molar-refractivity contribution in [1.29, 1.82) is 0 Å². The summed E-state index contributed by atoms with van der Waals surface area (Å²) < 4.78 is 11.4. The van der Waals surface area contributed by atoms with E-state index >= 15 is 0 Å². The van der Waals surface area contributed by atoms with Crippen molar-refractivity contribution < 1.29 is 14.3 Å². The Morgan fingerprint density at radius 3 is 2.00 bits per heavy atom. The normalized spacial score (nSPS) is 23.4. The van der Waals surface area contributed by atoms with E-state index in [1.165, 1.54) is 6.42 Å². The summed E-state index contributed by atoms with van der Waals surface area (Å²) in [4.78, 5) is 6.14. The van der Waals surface area contributed by atoms with Crippen molar-refractivity contribution in [1.82, 2.24) is 5.06 Å².